The largest absolute Gasteiger partial charge is 0.338 e. The molecule has 110 valence electrons. The molecule has 1 aliphatic rings. The molecule has 0 aromatic heterocycles. The van der Waals surface area contributed by atoms with Crippen LogP contribution >= 0.6 is 0 Å². The molecule has 1 aromatic carbocycles. The number of nitrogens with one attached hydrogen (secondary N) is 1. The summed E-state index contributed by atoms with van der Waals surface area (Å²) in [7, 11) is 0. The molecule has 3 nitrogen and oxygen atoms in total. The third-order valence-electron chi connectivity index (χ3n) is 4.13. The van der Waals surface area contributed by atoms with Gasteiger partial charge in [0.2, 0.25) is 5.91 Å². The summed E-state index contributed by atoms with van der Waals surface area (Å²) in [5.41, 5.74) is 1.11. The molecule has 0 saturated carbocycles. The Hall–Kier alpha value is -1.35. The molecule has 1 heterocycles. The van der Waals surface area contributed by atoms with Crippen LogP contribution in [0, 0.1) is 0 Å². The van der Waals surface area contributed by atoms with E-state index in [4.69, 9.17) is 0 Å². The first-order valence-electron chi connectivity index (χ1n) is 7.80. The van der Waals surface area contributed by atoms with Crippen LogP contribution in [0.25, 0.3) is 0 Å². The van der Waals surface area contributed by atoms with Crippen LogP contribution in [0.2, 0.25) is 0 Å². The third kappa shape index (κ3) is 3.60. The molecule has 2 rings (SSSR count). The van der Waals surface area contributed by atoms with E-state index in [1.54, 1.807) is 0 Å². The SMILES string of the molecule is CCCN(C(=O)C(C)c1ccccc1)C1CCCNC1. The summed E-state index contributed by atoms with van der Waals surface area (Å²) < 4.78 is 0. The van der Waals surface area contributed by atoms with Crippen LogP contribution in [0.15, 0.2) is 30.3 Å². The van der Waals surface area contributed by atoms with Crippen molar-refractivity contribution in [3.63, 3.8) is 0 Å². The number of nitrogens with zero attached hydrogens (tertiary/aromatic N) is 1. The van der Waals surface area contributed by atoms with Gasteiger partial charge in [-0.3, -0.25) is 4.79 Å². The van der Waals surface area contributed by atoms with Gasteiger partial charge in [-0.15, -0.1) is 0 Å². The molecule has 1 aromatic rings. The van der Waals surface area contributed by atoms with Gasteiger partial charge >= 0.3 is 0 Å². The summed E-state index contributed by atoms with van der Waals surface area (Å²) in [6, 6.07) is 10.5. The maximum atomic E-state index is 12.8. The second kappa shape index (κ2) is 7.44. The van der Waals surface area contributed by atoms with Crippen molar-refractivity contribution in [1.82, 2.24) is 10.2 Å². The van der Waals surface area contributed by atoms with Crippen molar-refractivity contribution in [2.24, 2.45) is 0 Å². The van der Waals surface area contributed by atoms with Crippen LogP contribution in [0.4, 0.5) is 0 Å². The molecule has 0 aliphatic carbocycles. The Balaban J connectivity index is 2.09. The highest BCUT2D eigenvalue weighted by atomic mass is 16.2. The number of piperidine rings is 1. The van der Waals surface area contributed by atoms with Crippen molar-refractivity contribution < 1.29 is 4.79 Å². The first-order valence-corrected chi connectivity index (χ1v) is 7.80. The Morgan fingerprint density at radius 1 is 1.40 bits per heavy atom. The Morgan fingerprint density at radius 3 is 2.75 bits per heavy atom. The quantitative estimate of drug-likeness (QED) is 0.895. The highest BCUT2D eigenvalue weighted by molar-refractivity contribution is 5.83. The Labute approximate surface area is 122 Å². The molecular weight excluding hydrogens is 248 g/mol. The molecule has 1 saturated heterocycles. The van der Waals surface area contributed by atoms with Crippen molar-refractivity contribution >= 4 is 5.91 Å². The van der Waals surface area contributed by atoms with Gasteiger partial charge in [0.1, 0.15) is 0 Å². The van der Waals surface area contributed by atoms with Gasteiger partial charge in [-0.25, -0.2) is 0 Å². The van der Waals surface area contributed by atoms with Gasteiger partial charge in [0.15, 0.2) is 0 Å². The Bertz CT molecular complexity index is 412. The molecule has 0 spiro atoms. The number of hydrogen-bond donors (Lipinski definition) is 1. The van der Waals surface area contributed by atoms with Gasteiger partial charge in [-0.1, -0.05) is 37.3 Å². The van der Waals surface area contributed by atoms with Crippen LogP contribution < -0.4 is 5.32 Å². The predicted molar refractivity (Wildman–Crippen MR) is 82.8 cm³/mol. The zero-order valence-corrected chi connectivity index (χ0v) is 12.6. The average molecular weight is 274 g/mol. The Kier molecular flexibility index (Phi) is 5.60. The standard InChI is InChI=1S/C17H26N2O/c1-3-12-19(16-10-7-11-18-13-16)17(20)14(2)15-8-5-4-6-9-15/h4-6,8-9,14,16,18H,3,7,10-13H2,1-2H3. The van der Waals surface area contributed by atoms with Gasteiger partial charge in [-0.2, -0.15) is 0 Å². The normalized spacial score (nSPS) is 20.4. The molecule has 1 fully saturated rings. The number of benzene rings is 1. The van der Waals surface area contributed by atoms with Gasteiger partial charge in [0, 0.05) is 19.1 Å². The van der Waals surface area contributed by atoms with E-state index in [9.17, 15) is 4.79 Å². The lowest BCUT2D eigenvalue weighted by Gasteiger charge is -2.36. The van der Waals surface area contributed by atoms with Gasteiger partial charge in [0.25, 0.3) is 0 Å². The minimum atomic E-state index is -0.0512. The molecule has 1 aliphatic heterocycles. The number of carbonyl (C=O) groups is 1. The van der Waals surface area contributed by atoms with E-state index in [2.05, 4.69) is 17.1 Å². The first-order chi connectivity index (χ1) is 9.74. The van der Waals surface area contributed by atoms with E-state index < -0.39 is 0 Å². The summed E-state index contributed by atoms with van der Waals surface area (Å²) in [4.78, 5) is 14.9. The minimum absolute atomic E-state index is 0.0512. The molecule has 1 amide bonds. The zero-order chi connectivity index (χ0) is 14.4. The second-order valence-electron chi connectivity index (χ2n) is 5.66. The molecule has 0 bridgehead atoms. The van der Waals surface area contributed by atoms with Crippen molar-refractivity contribution in [2.45, 2.75) is 45.1 Å². The highest BCUT2D eigenvalue weighted by Crippen LogP contribution is 2.21. The fraction of sp³-hybridized carbons (Fsp3) is 0.588. The van der Waals surface area contributed by atoms with E-state index in [1.807, 2.05) is 37.3 Å². The van der Waals surface area contributed by atoms with Crippen molar-refractivity contribution in [3.8, 4) is 0 Å². The molecule has 2 unspecified atom stereocenters. The topological polar surface area (TPSA) is 32.3 Å². The number of hydrogen-bond acceptors (Lipinski definition) is 2. The molecule has 3 heteroatoms. The summed E-state index contributed by atoms with van der Waals surface area (Å²) in [6.07, 6.45) is 3.31. The lowest BCUT2D eigenvalue weighted by atomic mass is 9.97. The molecule has 2 atom stereocenters. The lowest BCUT2D eigenvalue weighted by Crippen LogP contribution is -2.50. The second-order valence-corrected chi connectivity index (χ2v) is 5.66. The maximum Gasteiger partial charge on any atom is 0.230 e. The summed E-state index contributed by atoms with van der Waals surface area (Å²) in [5.74, 6) is 0.219. The van der Waals surface area contributed by atoms with Gasteiger partial charge < -0.3 is 10.2 Å². The van der Waals surface area contributed by atoms with Crippen LogP contribution in [0.5, 0.6) is 0 Å². The smallest absolute Gasteiger partial charge is 0.230 e. The minimum Gasteiger partial charge on any atom is -0.338 e. The van der Waals surface area contributed by atoms with Gasteiger partial charge in [0.05, 0.1) is 5.92 Å². The van der Waals surface area contributed by atoms with Crippen molar-refractivity contribution in [2.75, 3.05) is 19.6 Å². The summed E-state index contributed by atoms with van der Waals surface area (Å²) >= 11 is 0. The number of carbonyl (C=O) groups excluding carboxylic acids is 1. The van der Waals surface area contributed by atoms with Gasteiger partial charge in [-0.05, 0) is 38.3 Å². The fourth-order valence-corrected chi connectivity index (χ4v) is 2.95. The maximum absolute atomic E-state index is 12.8. The van der Waals surface area contributed by atoms with E-state index in [0.29, 0.717) is 6.04 Å². The molecular formula is C17H26N2O. The highest BCUT2D eigenvalue weighted by Gasteiger charge is 2.28. The monoisotopic (exact) mass is 274 g/mol. The van der Waals surface area contributed by atoms with Crippen LogP contribution in [-0.2, 0) is 4.79 Å². The number of amides is 1. The molecule has 20 heavy (non-hydrogen) atoms. The van der Waals surface area contributed by atoms with Crippen molar-refractivity contribution in [3.05, 3.63) is 35.9 Å². The van der Waals surface area contributed by atoms with Crippen LogP contribution in [0.3, 0.4) is 0 Å². The van der Waals surface area contributed by atoms with E-state index >= 15 is 0 Å². The average Bonchev–Trinajstić information content (AvgIpc) is 2.53. The van der Waals surface area contributed by atoms with Crippen LogP contribution in [0.1, 0.15) is 44.6 Å². The first kappa shape index (κ1) is 15.0. The predicted octanol–water partition coefficient (Wildman–Crippen LogP) is 2.78. The molecule has 1 N–H and O–H groups in total. The third-order valence-corrected chi connectivity index (χ3v) is 4.13. The summed E-state index contributed by atoms with van der Waals surface area (Å²) in [5, 5.41) is 3.41. The van der Waals surface area contributed by atoms with E-state index in [1.165, 1.54) is 0 Å². The zero-order valence-electron chi connectivity index (χ0n) is 12.6. The summed E-state index contributed by atoms with van der Waals surface area (Å²) in [6.45, 7) is 7.05. The van der Waals surface area contributed by atoms with E-state index in [-0.39, 0.29) is 11.8 Å². The van der Waals surface area contributed by atoms with Crippen molar-refractivity contribution in [1.29, 1.82) is 0 Å². The lowest BCUT2D eigenvalue weighted by molar-refractivity contribution is -0.135. The molecule has 0 radical (unpaired) electrons. The fourth-order valence-electron chi connectivity index (χ4n) is 2.95. The Morgan fingerprint density at radius 2 is 2.15 bits per heavy atom. The van der Waals surface area contributed by atoms with Crippen LogP contribution in [-0.4, -0.2) is 36.5 Å². The number of rotatable bonds is 5. The van der Waals surface area contributed by atoms with E-state index in [0.717, 1.165) is 44.5 Å².